The molecule has 0 spiro atoms. The number of hydrogen-bond acceptors (Lipinski definition) is 4. The van der Waals surface area contributed by atoms with E-state index in [0.29, 0.717) is 13.1 Å². The third-order valence-corrected chi connectivity index (χ3v) is 7.51. The first kappa shape index (κ1) is 23.2. The number of piperazine rings is 1. The summed E-state index contributed by atoms with van der Waals surface area (Å²) in [7, 11) is -0.448. The van der Waals surface area contributed by atoms with Crippen molar-refractivity contribution in [3.8, 4) is 0 Å². The average Bonchev–Trinajstić information content (AvgIpc) is 2.74. The minimum absolute atomic E-state index is 0.0302. The largest absolute Gasteiger partial charge is 0.336 e. The van der Waals surface area contributed by atoms with E-state index in [2.05, 4.69) is 43.0 Å². The summed E-state index contributed by atoms with van der Waals surface area (Å²) in [6.45, 7) is 7.36. The highest BCUT2D eigenvalue weighted by atomic mass is 32.2. The highest BCUT2D eigenvalue weighted by Gasteiger charge is 2.34. The van der Waals surface area contributed by atoms with Gasteiger partial charge in [-0.1, -0.05) is 42.5 Å². The molecule has 0 saturated carbocycles. The molecule has 0 bridgehead atoms. The van der Waals surface area contributed by atoms with Gasteiger partial charge in [-0.3, -0.25) is 9.69 Å². The second-order valence-corrected chi connectivity index (χ2v) is 10.8. The van der Waals surface area contributed by atoms with Crippen molar-refractivity contribution in [2.45, 2.75) is 30.8 Å². The van der Waals surface area contributed by atoms with Crippen LogP contribution < -0.4 is 0 Å². The number of carbonyl (C=O) groups excluding carboxylic acids is 1. The molecule has 1 fully saturated rings. The second kappa shape index (κ2) is 9.34. The maximum absolute atomic E-state index is 12.8. The molecule has 1 aliphatic rings. The van der Waals surface area contributed by atoms with Crippen LogP contribution in [-0.4, -0.2) is 67.7 Å². The molecule has 2 aromatic rings. The number of nitrogens with zero attached hydrogens (tertiary/aromatic N) is 3. The van der Waals surface area contributed by atoms with Gasteiger partial charge in [0.05, 0.1) is 4.90 Å². The van der Waals surface area contributed by atoms with Crippen molar-refractivity contribution in [1.82, 2.24) is 14.1 Å². The first-order valence-corrected chi connectivity index (χ1v) is 11.8. The van der Waals surface area contributed by atoms with Crippen molar-refractivity contribution in [1.29, 1.82) is 0 Å². The van der Waals surface area contributed by atoms with E-state index in [9.17, 15) is 13.2 Å². The number of sulfonamides is 1. The lowest BCUT2D eigenvalue weighted by molar-refractivity contribution is -0.131. The molecule has 1 amide bonds. The summed E-state index contributed by atoms with van der Waals surface area (Å²) in [6, 6.07) is 16.9. The van der Waals surface area contributed by atoms with Crippen molar-refractivity contribution in [2.75, 3.05) is 33.7 Å². The average molecular weight is 442 g/mol. The molecule has 0 aliphatic carbocycles. The predicted molar refractivity (Wildman–Crippen MR) is 124 cm³/mol. The Morgan fingerprint density at radius 3 is 2.26 bits per heavy atom. The van der Waals surface area contributed by atoms with Gasteiger partial charge < -0.3 is 4.90 Å². The number of benzene rings is 2. The van der Waals surface area contributed by atoms with Crippen LogP contribution in [0, 0.1) is 0 Å². The molecule has 1 heterocycles. The first-order valence-electron chi connectivity index (χ1n) is 10.4. The third-order valence-electron chi connectivity index (χ3n) is 5.68. The lowest BCUT2D eigenvalue weighted by Crippen LogP contribution is -2.59. The van der Waals surface area contributed by atoms with Gasteiger partial charge in [-0.25, -0.2) is 12.7 Å². The van der Waals surface area contributed by atoms with Crippen LogP contribution in [-0.2, 0) is 21.4 Å². The number of rotatable bonds is 6. The van der Waals surface area contributed by atoms with Gasteiger partial charge in [0.25, 0.3) is 0 Å². The molecule has 0 aromatic heterocycles. The summed E-state index contributed by atoms with van der Waals surface area (Å²) in [6.07, 6.45) is 3.30. The monoisotopic (exact) mass is 441 g/mol. The van der Waals surface area contributed by atoms with Crippen LogP contribution in [0.25, 0.3) is 6.08 Å². The van der Waals surface area contributed by atoms with Gasteiger partial charge in [0.1, 0.15) is 0 Å². The molecule has 7 heteroatoms. The first-order chi connectivity index (χ1) is 14.6. The minimum atomic E-state index is -3.45. The van der Waals surface area contributed by atoms with Crippen LogP contribution in [0.3, 0.4) is 0 Å². The standard InChI is InChI=1S/C24H31N3O3S/c1-24(2)19-26(16-17-27(24)18-21-8-6-5-7-9-21)23(28)15-12-20-10-13-22(14-11-20)31(29,30)25(3)4/h5-15H,16-19H2,1-4H3/b15-12+. The molecule has 0 N–H and O–H groups in total. The van der Waals surface area contributed by atoms with Crippen molar-refractivity contribution < 1.29 is 13.2 Å². The van der Waals surface area contributed by atoms with E-state index in [1.54, 1.807) is 36.4 Å². The van der Waals surface area contributed by atoms with E-state index in [0.717, 1.165) is 18.7 Å². The van der Waals surface area contributed by atoms with Crippen molar-refractivity contribution in [2.24, 2.45) is 0 Å². The summed E-state index contributed by atoms with van der Waals surface area (Å²) in [5, 5.41) is 0. The van der Waals surface area contributed by atoms with Gasteiger partial charge in [-0.2, -0.15) is 0 Å². The van der Waals surface area contributed by atoms with E-state index in [4.69, 9.17) is 0 Å². The Morgan fingerprint density at radius 1 is 1.03 bits per heavy atom. The van der Waals surface area contributed by atoms with Crippen molar-refractivity contribution in [3.63, 3.8) is 0 Å². The molecule has 1 saturated heterocycles. The molecular formula is C24H31N3O3S. The quantitative estimate of drug-likeness (QED) is 0.647. The van der Waals surface area contributed by atoms with Gasteiger partial charge in [0.2, 0.25) is 15.9 Å². The van der Waals surface area contributed by atoms with Crippen LogP contribution in [0.1, 0.15) is 25.0 Å². The molecular weight excluding hydrogens is 410 g/mol. The molecule has 0 radical (unpaired) electrons. The number of amides is 1. The maximum Gasteiger partial charge on any atom is 0.246 e. The molecule has 0 unspecified atom stereocenters. The molecule has 2 aromatic carbocycles. The Labute approximate surface area is 185 Å². The Kier molecular flexibility index (Phi) is 6.99. The van der Waals surface area contributed by atoms with E-state index >= 15 is 0 Å². The predicted octanol–water partition coefficient (Wildman–Crippen LogP) is 3.07. The fraction of sp³-hybridized carbons (Fsp3) is 0.375. The normalized spacial score (nSPS) is 17.4. The number of hydrogen-bond donors (Lipinski definition) is 0. The Bertz CT molecular complexity index is 1030. The zero-order chi connectivity index (χ0) is 22.6. The number of carbonyl (C=O) groups is 1. The summed E-state index contributed by atoms with van der Waals surface area (Å²) in [4.78, 5) is 17.3. The van der Waals surface area contributed by atoms with Crippen LogP contribution in [0.15, 0.2) is 65.6 Å². The van der Waals surface area contributed by atoms with Crippen LogP contribution in [0.5, 0.6) is 0 Å². The second-order valence-electron chi connectivity index (χ2n) is 8.67. The minimum Gasteiger partial charge on any atom is -0.336 e. The molecule has 6 nitrogen and oxygen atoms in total. The van der Waals surface area contributed by atoms with Gasteiger partial charge in [0.15, 0.2) is 0 Å². The summed E-state index contributed by atoms with van der Waals surface area (Å²) in [5.74, 6) is -0.0302. The van der Waals surface area contributed by atoms with E-state index in [1.165, 1.54) is 24.0 Å². The van der Waals surface area contributed by atoms with Crippen molar-refractivity contribution in [3.05, 3.63) is 71.8 Å². The molecule has 0 atom stereocenters. The fourth-order valence-electron chi connectivity index (χ4n) is 3.71. The van der Waals surface area contributed by atoms with Crippen LogP contribution in [0.4, 0.5) is 0 Å². The highest BCUT2D eigenvalue weighted by molar-refractivity contribution is 7.89. The van der Waals surface area contributed by atoms with Gasteiger partial charge in [-0.15, -0.1) is 0 Å². The lowest BCUT2D eigenvalue weighted by Gasteiger charge is -2.47. The third kappa shape index (κ3) is 5.61. The SMILES string of the molecule is CN(C)S(=O)(=O)c1ccc(/C=C/C(=O)N2CCN(Cc3ccccc3)C(C)(C)C2)cc1. The smallest absolute Gasteiger partial charge is 0.246 e. The topological polar surface area (TPSA) is 60.9 Å². The van der Waals surface area contributed by atoms with Gasteiger partial charge in [0, 0.05) is 51.9 Å². The summed E-state index contributed by atoms with van der Waals surface area (Å²) in [5.41, 5.74) is 1.93. The van der Waals surface area contributed by atoms with Crippen molar-refractivity contribution >= 4 is 22.0 Å². The fourth-order valence-corrected chi connectivity index (χ4v) is 4.61. The highest BCUT2D eigenvalue weighted by Crippen LogP contribution is 2.24. The van der Waals surface area contributed by atoms with E-state index in [-0.39, 0.29) is 16.3 Å². The molecule has 3 rings (SSSR count). The van der Waals surface area contributed by atoms with Gasteiger partial charge in [-0.05, 0) is 43.2 Å². The zero-order valence-electron chi connectivity index (χ0n) is 18.7. The summed E-state index contributed by atoms with van der Waals surface area (Å²) < 4.78 is 25.5. The Hall–Kier alpha value is -2.48. The van der Waals surface area contributed by atoms with Gasteiger partial charge >= 0.3 is 0 Å². The summed E-state index contributed by atoms with van der Waals surface area (Å²) >= 11 is 0. The maximum atomic E-state index is 12.8. The zero-order valence-corrected chi connectivity index (χ0v) is 19.5. The van der Waals surface area contributed by atoms with E-state index in [1.807, 2.05) is 11.0 Å². The molecule has 31 heavy (non-hydrogen) atoms. The molecule has 166 valence electrons. The molecule has 1 aliphatic heterocycles. The lowest BCUT2D eigenvalue weighted by atomic mass is 9.97. The van der Waals surface area contributed by atoms with E-state index < -0.39 is 10.0 Å². The van der Waals surface area contributed by atoms with Crippen LogP contribution in [0.2, 0.25) is 0 Å². The van der Waals surface area contributed by atoms with Crippen LogP contribution >= 0.6 is 0 Å². The Morgan fingerprint density at radius 2 is 1.68 bits per heavy atom. The Balaban J connectivity index is 1.62.